The molecule has 186 valence electrons. The van der Waals surface area contributed by atoms with E-state index >= 15 is 0 Å². The van der Waals surface area contributed by atoms with Crippen molar-refractivity contribution in [3.63, 3.8) is 0 Å². The van der Waals surface area contributed by atoms with Gasteiger partial charge in [0.15, 0.2) is 0 Å². The van der Waals surface area contributed by atoms with Crippen LogP contribution in [0.2, 0.25) is 0 Å². The van der Waals surface area contributed by atoms with Gasteiger partial charge in [0.1, 0.15) is 5.65 Å². The SMILES string of the molecule is Cn1cc(-c2cc3c(cn2)[nH]c2ncc(C4=CC=C(CN5CCC(C(F)(F)F)CC5)CC4)cc23)cn1. The molecule has 1 aliphatic heterocycles. The summed E-state index contributed by atoms with van der Waals surface area (Å²) in [4.78, 5) is 14.8. The topological polar surface area (TPSA) is 62.6 Å². The summed E-state index contributed by atoms with van der Waals surface area (Å²) in [5.41, 5.74) is 7.19. The molecule has 0 spiro atoms. The van der Waals surface area contributed by atoms with Crippen molar-refractivity contribution < 1.29 is 13.2 Å². The van der Waals surface area contributed by atoms with Crippen LogP contribution in [0.25, 0.3) is 38.8 Å². The number of nitrogens with one attached hydrogen (secondary N) is 1. The molecule has 5 heterocycles. The predicted octanol–water partition coefficient (Wildman–Crippen LogP) is 5.89. The summed E-state index contributed by atoms with van der Waals surface area (Å²) in [6.45, 7) is 1.77. The van der Waals surface area contributed by atoms with Gasteiger partial charge in [-0.05, 0) is 62.0 Å². The zero-order chi connectivity index (χ0) is 24.9. The van der Waals surface area contributed by atoms with Crippen LogP contribution in [0.3, 0.4) is 0 Å². The molecule has 2 aliphatic rings. The minimum absolute atomic E-state index is 0.201. The summed E-state index contributed by atoms with van der Waals surface area (Å²) in [6.07, 6.45) is 9.91. The fourth-order valence-corrected chi connectivity index (χ4v) is 5.32. The Balaban J connectivity index is 1.21. The van der Waals surface area contributed by atoms with E-state index in [0.29, 0.717) is 13.1 Å². The van der Waals surface area contributed by atoms with Crippen molar-refractivity contribution >= 4 is 27.5 Å². The van der Waals surface area contributed by atoms with E-state index in [0.717, 1.165) is 58.1 Å². The van der Waals surface area contributed by atoms with Crippen LogP contribution in [0.1, 0.15) is 31.2 Å². The van der Waals surface area contributed by atoms with Gasteiger partial charge < -0.3 is 4.98 Å². The Morgan fingerprint density at radius 2 is 1.81 bits per heavy atom. The van der Waals surface area contributed by atoms with Crippen LogP contribution in [-0.4, -0.2) is 55.4 Å². The lowest BCUT2D eigenvalue weighted by Crippen LogP contribution is -2.39. The van der Waals surface area contributed by atoms with E-state index in [2.05, 4.69) is 49.2 Å². The normalized spacial score (nSPS) is 18.1. The van der Waals surface area contributed by atoms with Crippen molar-refractivity contribution in [2.45, 2.75) is 31.9 Å². The quantitative estimate of drug-likeness (QED) is 0.386. The number of pyridine rings is 2. The van der Waals surface area contributed by atoms with Gasteiger partial charge in [-0.15, -0.1) is 0 Å². The van der Waals surface area contributed by atoms with Crippen molar-refractivity contribution in [3.8, 4) is 11.3 Å². The van der Waals surface area contributed by atoms with Crippen LogP contribution < -0.4 is 0 Å². The molecule has 4 aromatic heterocycles. The van der Waals surface area contributed by atoms with Crippen molar-refractivity contribution in [2.75, 3.05) is 19.6 Å². The number of hydrogen-bond acceptors (Lipinski definition) is 4. The van der Waals surface area contributed by atoms with Crippen LogP contribution >= 0.6 is 0 Å². The molecule has 0 aromatic carbocycles. The Labute approximate surface area is 206 Å². The average molecular weight is 493 g/mol. The number of H-pyrrole nitrogens is 1. The summed E-state index contributed by atoms with van der Waals surface area (Å²) >= 11 is 0. The summed E-state index contributed by atoms with van der Waals surface area (Å²) in [6, 6.07) is 4.26. The van der Waals surface area contributed by atoms with Crippen molar-refractivity contribution in [1.29, 1.82) is 0 Å². The minimum Gasteiger partial charge on any atom is -0.338 e. The molecule has 6 rings (SSSR count). The van der Waals surface area contributed by atoms with Gasteiger partial charge in [0, 0.05) is 42.3 Å². The van der Waals surface area contributed by atoms with Crippen LogP contribution in [0.4, 0.5) is 13.2 Å². The molecule has 6 nitrogen and oxygen atoms in total. The maximum absolute atomic E-state index is 12.9. The smallest absolute Gasteiger partial charge is 0.338 e. The van der Waals surface area contributed by atoms with Gasteiger partial charge in [0.05, 0.1) is 29.5 Å². The number of nitrogens with zero attached hydrogens (tertiary/aromatic N) is 5. The highest BCUT2D eigenvalue weighted by atomic mass is 19.4. The van der Waals surface area contributed by atoms with Gasteiger partial charge in [0.2, 0.25) is 0 Å². The van der Waals surface area contributed by atoms with E-state index in [1.165, 1.54) is 11.1 Å². The number of halogens is 3. The molecule has 0 amide bonds. The van der Waals surface area contributed by atoms with Gasteiger partial charge in [0.25, 0.3) is 0 Å². The fourth-order valence-electron chi connectivity index (χ4n) is 5.32. The molecule has 0 bridgehead atoms. The van der Waals surface area contributed by atoms with Crippen LogP contribution in [-0.2, 0) is 7.05 Å². The Morgan fingerprint density at radius 3 is 2.50 bits per heavy atom. The van der Waals surface area contributed by atoms with Crippen LogP contribution in [0.5, 0.6) is 0 Å². The van der Waals surface area contributed by atoms with E-state index in [4.69, 9.17) is 0 Å². The first-order valence-corrected chi connectivity index (χ1v) is 12.3. The Bertz CT molecular complexity index is 1480. The summed E-state index contributed by atoms with van der Waals surface area (Å²) in [5.74, 6) is -1.15. The van der Waals surface area contributed by atoms with Crippen molar-refractivity contribution in [3.05, 3.63) is 60.2 Å². The van der Waals surface area contributed by atoms with Gasteiger partial charge in [-0.25, -0.2) is 4.98 Å². The molecule has 1 saturated heterocycles. The second-order valence-electron chi connectivity index (χ2n) is 9.87. The number of likely N-dealkylation sites (tertiary alicyclic amines) is 1. The number of piperidine rings is 1. The molecule has 1 aliphatic carbocycles. The van der Waals surface area contributed by atoms with Gasteiger partial charge >= 0.3 is 6.18 Å². The molecular formula is C27H27F3N6. The molecular weight excluding hydrogens is 465 g/mol. The number of fused-ring (bicyclic) bond motifs is 3. The van der Waals surface area contributed by atoms with Crippen LogP contribution in [0, 0.1) is 5.92 Å². The summed E-state index contributed by atoms with van der Waals surface area (Å²) < 4.78 is 40.6. The maximum Gasteiger partial charge on any atom is 0.391 e. The average Bonchev–Trinajstić information content (AvgIpc) is 3.47. The fraction of sp³-hybridized carbons (Fsp3) is 0.370. The number of aryl methyl sites for hydroxylation is 1. The number of rotatable bonds is 4. The largest absolute Gasteiger partial charge is 0.391 e. The van der Waals surface area contributed by atoms with E-state index < -0.39 is 12.1 Å². The highest BCUT2D eigenvalue weighted by Gasteiger charge is 2.41. The van der Waals surface area contributed by atoms with E-state index in [-0.39, 0.29) is 12.8 Å². The zero-order valence-electron chi connectivity index (χ0n) is 20.0. The van der Waals surface area contributed by atoms with Crippen molar-refractivity contribution in [1.82, 2.24) is 29.6 Å². The predicted molar refractivity (Wildman–Crippen MR) is 134 cm³/mol. The van der Waals surface area contributed by atoms with Gasteiger partial charge in [-0.3, -0.25) is 14.6 Å². The monoisotopic (exact) mass is 492 g/mol. The summed E-state index contributed by atoms with van der Waals surface area (Å²) in [5, 5.41) is 6.38. The Hall–Kier alpha value is -3.46. The third kappa shape index (κ3) is 4.43. The lowest BCUT2D eigenvalue weighted by molar-refractivity contribution is -0.184. The number of alkyl halides is 3. The third-order valence-corrected chi connectivity index (χ3v) is 7.42. The number of allylic oxidation sites excluding steroid dienone is 3. The van der Waals surface area contributed by atoms with Crippen LogP contribution in [0.15, 0.2) is 54.6 Å². The minimum atomic E-state index is -4.06. The molecule has 1 fully saturated rings. The van der Waals surface area contributed by atoms with Gasteiger partial charge in [-0.1, -0.05) is 17.7 Å². The van der Waals surface area contributed by atoms with Crippen molar-refractivity contribution in [2.24, 2.45) is 13.0 Å². The van der Waals surface area contributed by atoms with E-state index in [9.17, 15) is 13.2 Å². The highest BCUT2D eigenvalue weighted by Crippen LogP contribution is 2.35. The van der Waals surface area contributed by atoms with E-state index in [1.807, 2.05) is 31.8 Å². The van der Waals surface area contributed by atoms with E-state index in [1.54, 1.807) is 4.68 Å². The first-order chi connectivity index (χ1) is 17.3. The standard InChI is InChI=1S/C27H27F3N6/c1-35-16-20(13-33-35)24-11-22-23-10-19(12-32-26(23)34-25(22)14-31-24)18-4-2-17(3-5-18)15-36-8-6-21(7-9-36)27(28,29)30/h2,4,10-14,16,21H,3,5-9,15H2,1H3,(H,32,34). The van der Waals surface area contributed by atoms with Gasteiger partial charge in [-0.2, -0.15) is 18.3 Å². The number of hydrogen-bond donors (Lipinski definition) is 1. The lowest BCUT2D eigenvalue weighted by atomic mass is 9.92. The highest BCUT2D eigenvalue weighted by molar-refractivity contribution is 6.07. The number of aromatic nitrogens is 5. The molecule has 0 unspecified atom stereocenters. The summed E-state index contributed by atoms with van der Waals surface area (Å²) in [7, 11) is 1.89. The molecule has 1 N–H and O–H groups in total. The Morgan fingerprint density at radius 1 is 0.972 bits per heavy atom. The molecule has 4 aromatic rings. The second-order valence-corrected chi connectivity index (χ2v) is 9.87. The third-order valence-electron chi connectivity index (χ3n) is 7.42. The lowest BCUT2D eigenvalue weighted by Gasteiger charge is -2.33. The number of aromatic amines is 1. The zero-order valence-corrected chi connectivity index (χ0v) is 20.0. The molecule has 0 radical (unpaired) electrons. The maximum atomic E-state index is 12.9. The molecule has 9 heteroatoms. The Kier molecular flexibility index (Phi) is 5.67. The molecule has 36 heavy (non-hydrogen) atoms. The first kappa shape index (κ1) is 23.0. The second kappa shape index (κ2) is 8.89. The molecule has 0 atom stereocenters. The molecule has 0 saturated carbocycles. The first-order valence-electron chi connectivity index (χ1n) is 12.3.